The normalized spacial score (nSPS) is 16.1. The molecule has 0 radical (unpaired) electrons. The Morgan fingerprint density at radius 1 is 1.26 bits per heavy atom. The van der Waals surface area contributed by atoms with Crippen LogP contribution in [0.4, 0.5) is 4.79 Å². The number of para-hydroxylation sites is 1. The molecule has 1 aliphatic rings. The van der Waals surface area contributed by atoms with E-state index < -0.39 is 18.0 Å². The van der Waals surface area contributed by atoms with Gasteiger partial charge in [0, 0.05) is 29.5 Å². The van der Waals surface area contributed by atoms with E-state index in [9.17, 15) is 9.59 Å². The molecule has 1 atom stereocenters. The number of hydrogen-bond donors (Lipinski definition) is 2. The van der Waals surface area contributed by atoms with E-state index in [-0.39, 0.29) is 6.61 Å². The van der Waals surface area contributed by atoms with E-state index in [1.165, 1.54) is 11.8 Å². The van der Waals surface area contributed by atoms with Gasteiger partial charge >= 0.3 is 12.0 Å². The summed E-state index contributed by atoms with van der Waals surface area (Å²) in [4.78, 5) is 29.6. The van der Waals surface area contributed by atoms with Crippen molar-refractivity contribution in [2.75, 3.05) is 12.4 Å². The molecule has 9 heteroatoms. The maximum absolute atomic E-state index is 12.8. The van der Waals surface area contributed by atoms with Gasteiger partial charge in [0.15, 0.2) is 5.16 Å². The predicted octanol–water partition coefficient (Wildman–Crippen LogP) is 3.74. The SMILES string of the molecule is CCOC(=O)C1=C(CSc2nccn2-c2ccccc2)NC(=O)N[C@H]1c1ccc(C)o1. The third kappa shape index (κ3) is 4.51. The Bertz CT molecular complexity index is 1120. The number of nitrogens with zero attached hydrogens (tertiary/aromatic N) is 2. The van der Waals surface area contributed by atoms with Crippen LogP contribution in [0.5, 0.6) is 0 Å². The fraction of sp³-hybridized carbons (Fsp3) is 0.227. The molecule has 0 spiro atoms. The summed E-state index contributed by atoms with van der Waals surface area (Å²) in [6, 6.07) is 12.2. The molecule has 4 rings (SSSR count). The highest BCUT2D eigenvalue weighted by atomic mass is 32.2. The lowest BCUT2D eigenvalue weighted by Crippen LogP contribution is -2.46. The number of furan rings is 1. The van der Waals surface area contributed by atoms with E-state index in [0.717, 1.165) is 10.8 Å². The van der Waals surface area contributed by atoms with E-state index in [0.29, 0.717) is 28.5 Å². The van der Waals surface area contributed by atoms with Crippen LogP contribution < -0.4 is 10.6 Å². The van der Waals surface area contributed by atoms with Crippen molar-refractivity contribution < 1.29 is 18.7 Å². The second-order valence-corrected chi connectivity index (χ2v) is 7.74. The van der Waals surface area contributed by atoms with Crippen molar-refractivity contribution in [1.29, 1.82) is 0 Å². The smallest absolute Gasteiger partial charge is 0.338 e. The van der Waals surface area contributed by atoms with Gasteiger partial charge in [-0.05, 0) is 38.1 Å². The number of hydrogen-bond acceptors (Lipinski definition) is 6. The first-order valence-corrected chi connectivity index (χ1v) is 10.8. The average Bonchev–Trinajstić information content (AvgIpc) is 3.41. The standard InChI is InChI=1S/C22H22N4O4S/c1-3-29-20(27)18-16(24-21(28)25-19(18)17-10-9-14(2)30-17)13-31-22-23-11-12-26(22)15-7-5-4-6-8-15/h4-12,19H,3,13H2,1-2H3,(H2,24,25,28)/t19-/m0/s1. The van der Waals surface area contributed by atoms with Crippen LogP contribution in [0.2, 0.25) is 0 Å². The Morgan fingerprint density at radius 3 is 2.77 bits per heavy atom. The summed E-state index contributed by atoms with van der Waals surface area (Å²) in [5.74, 6) is 0.980. The molecule has 1 aliphatic heterocycles. The molecular formula is C22H22N4O4S. The molecule has 1 aromatic carbocycles. The first-order valence-electron chi connectivity index (χ1n) is 9.82. The molecule has 2 N–H and O–H groups in total. The van der Waals surface area contributed by atoms with Gasteiger partial charge in [-0.2, -0.15) is 0 Å². The van der Waals surface area contributed by atoms with E-state index in [4.69, 9.17) is 9.15 Å². The lowest BCUT2D eigenvalue weighted by molar-refractivity contribution is -0.139. The van der Waals surface area contributed by atoms with Gasteiger partial charge in [-0.3, -0.25) is 4.57 Å². The van der Waals surface area contributed by atoms with Crippen molar-refractivity contribution in [2.45, 2.75) is 25.0 Å². The zero-order valence-electron chi connectivity index (χ0n) is 17.1. The van der Waals surface area contributed by atoms with Crippen LogP contribution in [-0.2, 0) is 9.53 Å². The van der Waals surface area contributed by atoms with Crippen LogP contribution in [0.15, 0.2) is 75.7 Å². The second kappa shape index (κ2) is 9.13. The van der Waals surface area contributed by atoms with Crippen molar-refractivity contribution in [3.05, 3.63) is 77.6 Å². The summed E-state index contributed by atoms with van der Waals surface area (Å²) in [6.07, 6.45) is 3.58. The lowest BCUT2D eigenvalue weighted by Gasteiger charge is -2.27. The van der Waals surface area contributed by atoms with Crippen molar-refractivity contribution >= 4 is 23.8 Å². The first kappa shape index (κ1) is 20.8. The van der Waals surface area contributed by atoms with Crippen molar-refractivity contribution in [3.8, 4) is 5.69 Å². The summed E-state index contributed by atoms with van der Waals surface area (Å²) in [5.41, 5.74) is 1.76. The van der Waals surface area contributed by atoms with Gasteiger partial charge < -0.3 is 19.8 Å². The van der Waals surface area contributed by atoms with Crippen molar-refractivity contribution in [3.63, 3.8) is 0 Å². The maximum atomic E-state index is 12.8. The molecule has 0 aliphatic carbocycles. The maximum Gasteiger partial charge on any atom is 0.338 e. The number of carbonyl (C=O) groups is 2. The van der Waals surface area contributed by atoms with Gasteiger partial charge in [-0.1, -0.05) is 30.0 Å². The van der Waals surface area contributed by atoms with E-state index in [1.807, 2.05) is 41.1 Å². The Labute approximate surface area is 183 Å². The topological polar surface area (TPSA) is 98.4 Å². The molecule has 0 saturated heterocycles. The molecule has 31 heavy (non-hydrogen) atoms. The number of nitrogens with one attached hydrogen (secondary N) is 2. The van der Waals surface area contributed by atoms with Gasteiger partial charge in [0.2, 0.25) is 0 Å². The molecule has 2 amide bonds. The molecule has 3 heterocycles. The largest absolute Gasteiger partial charge is 0.464 e. The van der Waals surface area contributed by atoms with Crippen LogP contribution in [0.3, 0.4) is 0 Å². The van der Waals surface area contributed by atoms with Gasteiger partial charge in [0.1, 0.15) is 17.6 Å². The van der Waals surface area contributed by atoms with Gasteiger partial charge in [-0.15, -0.1) is 0 Å². The van der Waals surface area contributed by atoms with E-state index in [1.54, 1.807) is 32.2 Å². The minimum Gasteiger partial charge on any atom is -0.464 e. The van der Waals surface area contributed by atoms with Crippen LogP contribution in [0, 0.1) is 6.92 Å². The molecule has 0 saturated carbocycles. The van der Waals surface area contributed by atoms with E-state index in [2.05, 4.69) is 15.6 Å². The van der Waals surface area contributed by atoms with Crippen LogP contribution in [0.25, 0.3) is 5.69 Å². The van der Waals surface area contributed by atoms with Crippen LogP contribution in [0.1, 0.15) is 24.5 Å². The monoisotopic (exact) mass is 438 g/mol. The zero-order chi connectivity index (χ0) is 21.8. The molecule has 0 fully saturated rings. The first-order chi connectivity index (χ1) is 15.1. The number of benzene rings is 1. The highest BCUT2D eigenvalue weighted by Gasteiger charge is 2.35. The van der Waals surface area contributed by atoms with Gasteiger partial charge in [0.05, 0.1) is 12.2 Å². The van der Waals surface area contributed by atoms with Crippen LogP contribution in [-0.4, -0.2) is 33.9 Å². The number of urea groups is 1. The predicted molar refractivity (Wildman–Crippen MR) is 116 cm³/mol. The number of carbonyl (C=O) groups excluding carboxylic acids is 2. The summed E-state index contributed by atoms with van der Waals surface area (Å²) < 4.78 is 12.9. The van der Waals surface area contributed by atoms with Gasteiger partial charge in [-0.25, -0.2) is 14.6 Å². The van der Waals surface area contributed by atoms with Crippen molar-refractivity contribution in [2.24, 2.45) is 0 Å². The molecule has 160 valence electrons. The number of thioether (sulfide) groups is 1. The fourth-order valence-corrected chi connectivity index (χ4v) is 4.26. The molecule has 3 aromatic rings. The Hall–Kier alpha value is -3.46. The highest BCUT2D eigenvalue weighted by Crippen LogP contribution is 2.31. The summed E-state index contributed by atoms with van der Waals surface area (Å²) in [7, 11) is 0. The highest BCUT2D eigenvalue weighted by molar-refractivity contribution is 7.99. The van der Waals surface area contributed by atoms with Crippen molar-refractivity contribution in [1.82, 2.24) is 20.2 Å². The summed E-state index contributed by atoms with van der Waals surface area (Å²) in [5, 5.41) is 6.26. The van der Waals surface area contributed by atoms with Crippen LogP contribution >= 0.6 is 11.8 Å². The van der Waals surface area contributed by atoms with E-state index >= 15 is 0 Å². The zero-order valence-corrected chi connectivity index (χ0v) is 17.9. The number of aromatic nitrogens is 2. The number of aryl methyl sites for hydroxylation is 1. The molecule has 0 unspecified atom stereocenters. The molecule has 2 aromatic heterocycles. The average molecular weight is 439 g/mol. The third-order valence-electron chi connectivity index (χ3n) is 4.68. The third-order valence-corrected chi connectivity index (χ3v) is 5.67. The quantitative estimate of drug-likeness (QED) is 0.431. The molecule has 8 nitrogen and oxygen atoms in total. The number of esters is 1. The minimum atomic E-state index is -0.731. The Balaban J connectivity index is 1.66. The minimum absolute atomic E-state index is 0.221. The summed E-state index contributed by atoms with van der Waals surface area (Å²) in [6.45, 7) is 3.77. The number of rotatable bonds is 7. The number of amides is 2. The number of ether oxygens (including phenoxy) is 1. The Kier molecular flexibility index (Phi) is 6.13. The lowest BCUT2D eigenvalue weighted by atomic mass is 10.0. The van der Waals surface area contributed by atoms with Gasteiger partial charge in [0.25, 0.3) is 0 Å². The molecular weight excluding hydrogens is 416 g/mol. The second-order valence-electron chi connectivity index (χ2n) is 6.80. The Morgan fingerprint density at radius 2 is 2.06 bits per heavy atom. The fourth-order valence-electron chi connectivity index (χ4n) is 3.32. The molecule has 0 bridgehead atoms. The number of imidazole rings is 1. The summed E-state index contributed by atoms with van der Waals surface area (Å²) >= 11 is 1.41.